The fourth-order valence-corrected chi connectivity index (χ4v) is 4.55. The van der Waals surface area contributed by atoms with E-state index in [1.807, 2.05) is 0 Å². The molecule has 0 saturated carbocycles. The van der Waals surface area contributed by atoms with Crippen LogP contribution in [0.1, 0.15) is 22.3 Å². The Morgan fingerprint density at radius 2 is 1.90 bits per heavy atom. The van der Waals surface area contributed by atoms with E-state index >= 15 is 0 Å². The van der Waals surface area contributed by atoms with Crippen molar-refractivity contribution in [2.75, 3.05) is 0 Å². The molecule has 10 heteroatoms. The zero-order chi connectivity index (χ0) is 21.2. The number of primary amides is 1. The molecule has 0 radical (unpaired) electrons. The Labute approximate surface area is 162 Å². The molecule has 0 saturated heterocycles. The van der Waals surface area contributed by atoms with Gasteiger partial charge in [0.1, 0.15) is 22.8 Å². The predicted octanol–water partition coefficient (Wildman–Crippen LogP) is 0.0206. The van der Waals surface area contributed by atoms with Gasteiger partial charge in [-0.25, -0.2) is 0 Å². The van der Waals surface area contributed by atoms with Crippen LogP contribution >= 0.6 is 0 Å². The SMILES string of the molecule is NC(=O)C1=C(O)/C(=N\O)C2CC3Cc4cccc(O)c4C(=O)C3=C(O)[C@]2(O)C1=O. The molecule has 29 heavy (non-hydrogen) atoms. The van der Waals surface area contributed by atoms with E-state index in [4.69, 9.17) is 5.73 Å². The first kappa shape index (κ1) is 18.7. The van der Waals surface area contributed by atoms with Gasteiger partial charge in [-0.1, -0.05) is 17.3 Å². The minimum Gasteiger partial charge on any atom is -0.508 e. The van der Waals surface area contributed by atoms with Crippen molar-refractivity contribution in [2.45, 2.75) is 18.4 Å². The highest BCUT2D eigenvalue weighted by Crippen LogP contribution is 2.50. The van der Waals surface area contributed by atoms with Gasteiger partial charge in [0, 0.05) is 5.57 Å². The molecule has 0 spiro atoms. The third-order valence-electron chi connectivity index (χ3n) is 5.85. The molecule has 2 unspecified atom stereocenters. The molecule has 3 aliphatic carbocycles. The summed E-state index contributed by atoms with van der Waals surface area (Å²) in [7, 11) is 0. The smallest absolute Gasteiger partial charge is 0.256 e. The van der Waals surface area contributed by atoms with Crippen molar-refractivity contribution in [1.29, 1.82) is 0 Å². The van der Waals surface area contributed by atoms with Crippen molar-refractivity contribution in [2.24, 2.45) is 22.7 Å². The van der Waals surface area contributed by atoms with E-state index in [0.29, 0.717) is 5.56 Å². The van der Waals surface area contributed by atoms with E-state index in [1.54, 1.807) is 12.1 Å². The number of ketones is 2. The van der Waals surface area contributed by atoms with Gasteiger partial charge in [0.2, 0.25) is 5.78 Å². The number of hydrogen-bond acceptors (Lipinski definition) is 9. The lowest BCUT2D eigenvalue weighted by atomic mass is 9.59. The van der Waals surface area contributed by atoms with E-state index in [1.165, 1.54) is 6.07 Å². The van der Waals surface area contributed by atoms with Crippen molar-refractivity contribution in [3.63, 3.8) is 0 Å². The maximum atomic E-state index is 13.0. The number of rotatable bonds is 1. The normalized spacial score (nSPS) is 30.2. The summed E-state index contributed by atoms with van der Waals surface area (Å²) < 4.78 is 0. The van der Waals surface area contributed by atoms with Crippen LogP contribution in [-0.2, 0) is 16.0 Å². The number of aliphatic hydroxyl groups is 3. The number of allylic oxidation sites excluding steroid dienone is 2. The first-order valence-corrected chi connectivity index (χ1v) is 8.66. The molecule has 1 aromatic rings. The number of aromatic hydroxyl groups is 1. The Morgan fingerprint density at radius 1 is 1.21 bits per heavy atom. The molecule has 7 N–H and O–H groups in total. The number of fused-ring (bicyclic) bond motifs is 3. The number of hydrogen-bond donors (Lipinski definition) is 6. The molecule has 150 valence electrons. The largest absolute Gasteiger partial charge is 0.508 e. The minimum absolute atomic E-state index is 0.0554. The second kappa shape index (κ2) is 5.92. The Morgan fingerprint density at radius 3 is 2.52 bits per heavy atom. The summed E-state index contributed by atoms with van der Waals surface area (Å²) in [5, 5.41) is 54.5. The van der Waals surface area contributed by atoms with Crippen molar-refractivity contribution in [1.82, 2.24) is 0 Å². The topological polar surface area (TPSA) is 191 Å². The molecule has 3 atom stereocenters. The zero-order valence-corrected chi connectivity index (χ0v) is 14.8. The van der Waals surface area contributed by atoms with Gasteiger partial charge in [0.15, 0.2) is 17.1 Å². The van der Waals surface area contributed by atoms with E-state index < -0.39 is 57.7 Å². The molecule has 0 fully saturated rings. The Kier molecular flexibility index (Phi) is 3.81. The van der Waals surface area contributed by atoms with E-state index in [-0.39, 0.29) is 29.7 Å². The van der Waals surface area contributed by atoms with Gasteiger partial charge in [0.05, 0.1) is 11.5 Å². The van der Waals surface area contributed by atoms with Crippen LogP contribution in [0.4, 0.5) is 0 Å². The maximum Gasteiger partial charge on any atom is 0.256 e. The van der Waals surface area contributed by atoms with Crippen LogP contribution in [0.25, 0.3) is 0 Å². The average molecular weight is 400 g/mol. The van der Waals surface area contributed by atoms with Crippen LogP contribution in [0.2, 0.25) is 0 Å². The third kappa shape index (κ3) is 2.20. The molecule has 0 aliphatic heterocycles. The number of Topliss-reactive ketones (excluding diaryl/α,β-unsaturated/α-hetero) is 2. The molecule has 0 aromatic heterocycles. The van der Waals surface area contributed by atoms with Crippen LogP contribution in [0, 0.1) is 11.8 Å². The molecule has 3 aliphatic rings. The highest BCUT2D eigenvalue weighted by molar-refractivity contribution is 6.31. The molecular formula is C19H16N2O8. The van der Waals surface area contributed by atoms with Gasteiger partial charge < -0.3 is 31.4 Å². The van der Waals surface area contributed by atoms with Crippen LogP contribution in [0.3, 0.4) is 0 Å². The number of carbonyl (C=O) groups excluding carboxylic acids is 3. The fourth-order valence-electron chi connectivity index (χ4n) is 4.55. The summed E-state index contributed by atoms with van der Waals surface area (Å²) in [6, 6.07) is 4.47. The van der Waals surface area contributed by atoms with Crippen molar-refractivity contribution >= 4 is 23.2 Å². The number of amides is 1. The molecule has 10 nitrogen and oxygen atoms in total. The van der Waals surface area contributed by atoms with E-state index in [2.05, 4.69) is 5.16 Å². The van der Waals surface area contributed by atoms with Gasteiger partial charge >= 0.3 is 0 Å². The number of carbonyl (C=O) groups is 3. The number of aliphatic hydroxyl groups excluding tert-OH is 2. The molecule has 0 bridgehead atoms. The molecule has 0 heterocycles. The first-order chi connectivity index (χ1) is 13.6. The van der Waals surface area contributed by atoms with Crippen molar-refractivity contribution < 1.29 is 40.0 Å². The number of phenolic OH excluding ortho intramolecular Hbond substituents is 1. The highest BCUT2D eigenvalue weighted by Gasteiger charge is 2.62. The number of nitrogens with zero attached hydrogens (tertiary/aromatic N) is 1. The lowest BCUT2D eigenvalue weighted by molar-refractivity contribution is -0.139. The second-order valence-electron chi connectivity index (χ2n) is 7.26. The monoisotopic (exact) mass is 400 g/mol. The highest BCUT2D eigenvalue weighted by atomic mass is 16.4. The van der Waals surface area contributed by atoms with Gasteiger partial charge in [0.25, 0.3) is 5.91 Å². The summed E-state index contributed by atoms with van der Waals surface area (Å²) in [5.74, 6) is -8.03. The lowest BCUT2D eigenvalue weighted by Crippen LogP contribution is -2.60. The predicted molar refractivity (Wildman–Crippen MR) is 95.4 cm³/mol. The number of nitrogens with two attached hydrogens (primary N) is 1. The lowest BCUT2D eigenvalue weighted by Gasteiger charge is -2.45. The number of phenols is 1. The third-order valence-corrected chi connectivity index (χ3v) is 5.85. The van der Waals surface area contributed by atoms with Gasteiger partial charge in [-0.15, -0.1) is 0 Å². The number of oxime groups is 1. The zero-order valence-electron chi connectivity index (χ0n) is 14.8. The number of benzene rings is 1. The molecule has 4 rings (SSSR count). The fraction of sp³-hybridized carbons (Fsp3) is 0.263. The molecule has 1 amide bonds. The maximum absolute atomic E-state index is 13.0. The van der Waals surface area contributed by atoms with Crippen LogP contribution < -0.4 is 5.73 Å². The van der Waals surface area contributed by atoms with Gasteiger partial charge in [-0.05, 0) is 30.4 Å². The van der Waals surface area contributed by atoms with Gasteiger partial charge in [-0.2, -0.15) is 0 Å². The van der Waals surface area contributed by atoms with E-state index in [0.717, 1.165) is 0 Å². The van der Waals surface area contributed by atoms with Crippen molar-refractivity contribution in [3.05, 3.63) is 52.0 Å². The average Bonchev–Trinajstić information content (AvgIpc) is 2.65. The summed E-state index contributed by atoms with van der Waals surface area (Å²) in [5.41, 5.74) is 0.799. The van der Waals surface area contributed by atoms with Crippen LogP contribution in [-0.4, -0.2) is 54.4 Å². The molecule has 1 aromatic carbocycles. The minimum atomic E-state index is -2.83. The Balaban J connectivity index is 1.98. The van der Waals surface area contributed by atoms with Gasteiger partial charge in [-0.3, -0.25) is 14.4 Å². The summed E-state index contributed by atoms with van der Waals surface area (Å²) in [6.07, 6.45) is 0.0272. The summed E-state index contributed by atoms with van der Waals surface area (Å²) >= 11 is 0. The molecular weight excluding hydrogens is 384 g/mol. The Bertz CT molecular complexity index is 1100. The van der Waals surface area contributed by atoms with Crippen LogP contribution in [0.5, 0.6) is 5.75 Å². The quantitative estimate of drug-likeness (QED) is 0.216. The van der Waals surface area contributed by atoms with Crippen LogP contribution in [0.15, 0.2) is 46.0 Å². The van der Waals surface area contributed by atoms with E-state index in [9.17, 15) is 40.0 Å². The summed E-state index contributed by atoms with van der Waals surface area (Å²) in [6.45, 7) is 0. The second-order valence-corrected chi connectivity index (χ2v) is 7.26. The first-order valence-electron chi connectivity index (χ1n) is 8.66. The standard InChI is InChI=1S/C19H16N2O8/c20-18(27)12-15(24)13(21-29)8-5-7-4-6-2-1-3-9(22)10(6)14(23)11(7)16(25)19(8,28)17(12)26/h1-3,7-8,22,24-25,28-29H,4-5H2,(H2,20,27)/b21-13-/t7?,8?,19-/m0/s1. The summed E-state index contributed by atoms with van der Waals surface area (Å²) in [4.78, 5) is 37.5. The van der Waals surface area contributed by atoms with Crippen molar-refractivity contribution in [3.8, 4) is 5.75 Å². The Hall–Kier alpha value is -3.66.